The van der Waals surface area contributed by atoms with Gasteiger partial charge in [-0.05, 0) is 43.9 Å². The van der Waals surface area contributed by atoms with Crippen molar-refractivity contribution in [2.45, 2.75) is 51.9 Å². The summed E-state index contributed by atoms with van der Waals surface area (Å²) >= 11 is 0. The molecule has 0 saturated heterocycles. The summed E-state index contributed by atoms with van der Waals surface area (Å²) in [5, 5.41) is 3.08. The van der Waals surface area contributed by atoms with Crippen LogP contribution in [0.25, 0.3) is 0 Å². The second-order valence-corrected chi connectivity index (χ2v) is 5.89. The molecule has 2 fully saturated rings. The molecule has 3 heteroatoms. The lowest BCUT2D eigenvalue weighted by molar-refractivity contribution is -0.126. The minimum atomic E-state index is 0.302. The molecule has 2 rings (SSSR count). The lowest BCUT2D eigenvalue weighted by Gasteiger charge is -2.20. The molecule has 3 nitrogen and oxygen atoms in total. The van der Waals surface area contributed by atoms with Crippen molar-refractivity contribution in [3.05, 3.63) is 0 Å². The summed E-state index contributed by atoms with van der Waals surface area (Å²) in [4.78, 5) is 12.0. The molecule has 2 aliphatic carbocycles. The standard InChI is InChI=1S/C15H27NO2/c1-2-3-8-18-9-4-7-16-15(17)14-11-12-5-6-13(14)10-12/h12-14H,2-11H2,1H3,(H,16,17). The van der Waals surface area contributed by atoms with Crippen LogP contribution in [-0.2, 0) is 9.53 Å². The maximum Gasteiger partial charge on any atom is 0.223 e. The Balaban J connectivity index is 1.50. The summed E-state index contributed by atoms with van der Waals surface area (Å²) in [6, 6.07) is 0. The molecule has 3 atom stereocenters. The molecule has 1 N–H and O–H groups in total. The number of hydrogen-bond donors (Lipinski definition) is 1. The van der Waals surface area contributed by atoms with E-state index in [0.29, 0.717) is 17.7 Å². The predicted octanol–water partition coefficient (Wildman–Crippen LogP) is 2.75. The summed E-state index contributed by atoms with van der Waals surface area (Å²) in [5.41, 5.74) is 0. The van der Waals surface area contributed by atoms with Gasteiger partial charge in [0.15, 0.2) is 0 Å². The third kappa shape index (κ3) is 3.71. The summed E-state index contributed by atoms with van der Waals surface area (Å²) in [7, 11) is 0. The fourth-order valence-electron chi connectivity index (χ4n) is 3.43. The van der Waals surface area contributed by atoms with Crippen LogP contribution >= 0.6 is 0 Å². The lowest BCUT2D eigenvalue weighted by atomic mass is 9.88. The molecule has 104 valence electrons. The van der Waals surface area contributed by atoms with Crippen molar-refractivity contribution in [2.75, 3.05) is 19.8 Å². The van der Waals surface area contributed by atoms with Crippen LogP contribution in [0.5, 0.6) is 0 Å². The second-order valence-electron chi connectivity index (χ2n) is 5.89. The monoisotopic (exact) mass is 253 g/mol. The smallest absolute Gasteiger partial charge is 0.223 e. The van der Waals surface area contributed by atoms with Crippen LogP contribution < -0.4 is 5.32 Å². The van der Waals surface area contributed by atoms with E-state index in [1.807, 2.05) is 0 Å². The quantitative estimate of drug-likeness (QED) is 0.675. The maximum absolute atomic E-state index is 12.0. The molecule has 0 aromatic heterocycles. The number of hydrogen-bond acceptors (Lipinski definition) is 2. The summed E-state index contributed by atoms with van der Waals surface area (Å²) < 4.78 is 5.48. The van der Waals surface area contributed by atoms with Crippen LogP contribution in [0.1, 0.15) is 51.9 Å². The van der Waals surface area contributed by atoms with Gasteiger partial charge in [0.25, 0.3) is 0 Å². The van der Waals surface area contributed by atoms with Crippen LogP contribution in [0, 0.1) is 17.8 Å². The van der Waals surface area contributed by atoms with Crippen LogP contribution in [0.2, 0.25) is 0 Å². The van der Waals surface area contributed by atoms with Gasteiger partial charge >= 0.3 is 0 Å². The summed E-state index contributed by atoms with van der Waals surface area (Å²) in [6.45, 7) is 4.57. The van der Waals surface area contributed by atoms with Crippen LogP contribution in [0.3, 0.4) is 0 Å². The Hall–Kier alpha value is -0.570. The molecule has 0 aromatic carbocycles. The number of fused-ring (bicyclic) bond motifs is 2. The van der Waals surface area contributed by atoms with Gasteiger partial charge in [-0.2, -0.15) is 0 Å². The fraction of sp³-hybridized carbons (Fsp3) is 0.933. The summed E-state index contributed by atoms with van der Waals surface area (Å²) in [6.07, 6.45) is 8.35. The minimum Gasteiger partial charge on any atom is -0.381 e. The van der Waals surface area contributed by atoms with Crippen molar-refractivity contribution in [2.24, 2.45) is 17.8 Å². The Morgan fingerprint density at radius 1 is 1.22 bits per heavy atom. The van der Waals surface area contributed by atoms with Crippen molar-refractivity contribution >= 4 is 5.91 Å². The van der Waals surface area contributed by atoms with Gasteiger partial charge in [-0.1, -0.05) is 19.8 Å². The van der Waals surface area contributed by atoms with E-state index in [2.05, 4.69) is 12.2 Å². The highest BCUT2D eigenvalue weighted by atomic mass is 16.5. The molecule has 2 saturated carbocycles. The summed E-state index contributed by atoms with van der Waals surface area (Å²) in [5.74, 6) is 2.17. The van der Waals surface area contributed by atoms with E-state index in [9.17, 15) is 4.79 Å². The highest BCUT2D eigenvalue weighted by molar-refractivity contribution is 5.79. The van der Waals surface area contributed by atoms with E-state index in [1.165, 1.54) is 25.7 Å². The van der Waals surface area contributed by atoms with Crippen LogP contribution in [0.15, 0.2) is 0 Å². The van der Waals surface area contributed by atoms with Crippen LogP contribution in [0.4, 0.5) is 0 Å². The topological polar surface area (TPSA) is 38.3 Å². The van der Waals surface area contributed by atoms with E-state index in [1.54, 1.807) is 0 Å². The maximum atomic E-state index is 12.0. The zero-order valence-electron chi connectivity index (χ0n) is 11.6. The largest absolute Gasteiger partial charge is 0.381 e. The SMILES string of the molecule is CCCCOCCCNC(=O)C1CC2CCC1C2. The first-order valence-corrected chi connectivity index (χ1v) is 7.66. The Labute approximate surface area is 111 Å². The molecule has 0 aliphatic heterocycles. The molecule has 18 heavy (non-hydrogen) atoms. The normalized spacial score (nSPS) is 29.7. The number of rotatable bonds is 8. The molecule has 0 aromatic rings. The average molecular weight is 253 g/mol. The molecule has 1 amide bonds. The Kier molecular flexibility index (Phi) is 5.48. The number of ether oxygens (including phenoxy) is 1. The molecule has 2 bridgehead atoms. The first kappa shape index (κ1) is 13.9. The zero-order chi connectivity index (χ0) is 12.8. The highest BCUT2D eigenvalue weighted by Gasteiger charge is 2.42. The average Bonchev–Trinajstić information content (AvgIpc) is 2.99. The third-order valence-corrected chi connectivity index (χ3v) is 4.48. The van der Waals surface area contributed by atoms with Crippen LogP contribution in [-0.4, -0.2) is 25.7 Å². The van der Waals surface area contributed by atoms with Gasteiger partial charge in [0, 0.05) is 25.7 Å². The van der Waals surface area contributed by atoms with E-state index in [0.717, 1.165) is 44.9 Å². The van der Waals surface area contributed by atoms with Crippen molar-refractivity contribution < 1.29 is 9.53 Å². The highest BCUT2D eigenvalue weighted by Crippen LogP contribution is 2.48. The number of carbonyl (C=O) groups is 1. The molecule has 0 heterocycles. The van der Waals surface area contributed by atoms with Crippen molar-refractivity contribution in [3.63, 3.8) is 0 Å². The van der Waals surface area contributed by atoms with Gasteiger partial charge in [-0.3, -0.25) is 4.79 Å². The molecule has 0 spiro atoms. The van der Waals surface area contributed by atoms with E-state index < -0.39 is 0 Å². The fourth-order valence-corrected chi connectivity index (χ4v) is 3.43. The number of nitrogens with one attached hydrogen (secondary N) is 1. The Morgan fingerprint density at radius 3 is 2.72 bits per heavy atom. The van der Waals surface area contributed by atoms with E-state index in [4.69, 9.17) is 4.74 Å². The van der Waals surface area contributed by atoms with E-state index in [-0.39, 0.29) is 0 Å². The predicted molar refractivity (Wildman–Crippen MR) is 72.3 cm³/mol. The molecule has 3 unspecified atom stereocenters. The Bertz CT molecular complexity index is 267. The van der Waals surface area contributed by atoms with Gasteiger partial charge < -0.3 is 10.1 Å². The van der Waals surface area contributed by atoms with Crippen molar-refractivity contribution in [1.82, 2.24) is 5.32 Å². The Morgan fingerprint density at radius 2 is 2.06 bits per heavy atom. The third-order valence-electron chi connectivity index (χ3n) is 4.48. The minimum absolute atomic E-state index is 0.302. The first-order valence-electron chi connectivity index (χ1n) is 7.66. The molecular formula is C15H27NO2. The molecule has 0 radical (unpaired) electrons. The zero-order valence-corrected chi connectivity index (χ0v) is 11.6. The van der Waals surface area contributed by atoms with Gasteiger partial charge in [-0.15, -0.1) is 0 Å². The number of carbonyl (C=O) groups excluding carboxylic acids is 1. The number of amides is 1. The molecular weight excluding hydrogens is 226 g/mol. The van der Waals surface area contributed by atoms with E-state index >= 15 is 0 Å². The molecule has 2 aliphatic rings. The number of unbranched alkanes of at least 4 members (excludes halogenated alkanes) is 1. The van der Waals surface area contributed by atoms with Gasteiger partial charge in [0.1, 0.15) is 0 Å². The van der Waals surface area contributed by atoms with Crippen molar-refractivity contribution in [3.8, 4) is 0 Å². The van der Waals surface area contributed by atoms with Gasteiger partial charge in [0.2, 0.25) is 5.91 Å². The van der Waals surface area contributed by atoms with Gasteiger partial charge in [0.05, 0.1) is 0 Å². The first-order chi connectivity index (χ1) is 8.81. The van der Waals surface area contributed by atoms with Gasteiger partial charge in [-0.25, -0.2) is 0 Å². The second kappa shape index (κ2) is 7.13. The van der Waals surface area contributed by atoms with Crippen molar-refractivity contribution in [1.29, 1.82) is 0 Å². The lowest BCUT2D eigenvalue weighted by Crippen LogP contribution is -2.34.